The first-order chi connectivity index (χ1) is 9.49. The van der Waals surface area contributed by atoms with Crippen LogP contribution in [0.15, 0.2) is 27.6 Å². The molecule has 3 N–H and O–H groups in total. The first kappa shape index (κ1) is 15.8. The number of halogens is 1. The van der Waals surface area contributed by atoms with Crippen molar-refractivity contribution in [2.24, 2.45) is 5.92 Å². The van der Waals surface area contributed by atoms with Gasteiger partial charge in [-0.2, -0.15) is 0 Å². The van der Waals surface area contributed by atoms with Gasteiger partial charge in [0.25, 0.3) is 0 Å². The Kier molecular flexibility index (Phi) is 5.46. The van der Waals surface area contributed by atoms with E-state index in [2.05, 4.69) is 20.7 Å². The van der Waals surface area contributed by atoms with Crippen molar-refractivity contribution >= 4 is 31.6 Å². The van der Waals surface area contributed by atoms with Crippen molar-refractivity contribution in [3.05, 3.63) is 22.7 Å². The summed E-state index contributed by atoms with van der Waals surface area (Å²) in [5.41, 5.74) is 6.01. The van der Waals surface area contributed by atoms with Gasteiger partial charge in [0, 0.05) is 11.0 Å². The second-order valence-electron chi connectivity index (χ2n) is 5.37. The molecule has 1 aliphatic rings. The predicted molar refractivity (Wildman–Crippen MR) is 84.9 cm³/mol. The third kappa shape index (κ3) is 4.20. The largest absolute Gasteiger partial charge is 0.398 e. The van der Waals surface area contributed by atoms with Crippen LogP contribution in [0.4, 0.5) is 5.69 Å². The highest BCUT2D eigenvalue weighted by molar-refractivity contribution is 9.10. The molecule has 20 heavy (non-hydrogen) atoms. The quantitative estimate of drug-likeness (QED) is 0.603. The van der Waals surface area contributed by atoms with Crippen molar-refractivity contribution in [3.8, 4) is 0 Å². The van der Waals surface area contributed by atoms with Gasteiger partial charge in [0.2, 0.25) is 10.0 Å². The number of nitrogen functional groups attached to an aromatic ring is 1. The topological polar surface area (TPSA) is 72.2 Å². The van der Waals surface area contributed by atoms with Gasteiger partial charge < -0.3 is 5.73 Å². The van der Waals surface area contributed by atoms with Crippen LogP contribution in [-0.4, -0.2) is 15.0 Å². The van der Waals surface area contributed by atoms with E-state index in [0.29, 0.717) is 11.0 Å². The van der Waals surface area contributed by atoms with Gasteiger partial charge in [0.1, 0.15) is 4.90 Å². The molecule has 0 spiro atoms. The highest BCUT2D eigenvalue weighted by Crippen LogP contribution is 2.28. The van der Waals surface area contributed by atoms with Gasteiger partial charge in [-0.05, 0) is 37.0 Å². The molecule has 1 aromatic carbocycles. The molecule has 0 aromatic heterocycles. The summed E-state index contributed by atoms with van der Waals surface area (Å²) in [6.45, 7) is 0.477. The van der Waals surface area contributed by atoms with Crippen LogP contribution in [0, 0.1) is 5.92 Å². The average Bonchev–Trinajstić information content (AvgIpc) is 2.90. The van der Waals surface area contributed by atoms with Gasteiger partial charge in [-0.3, -0.25) is 0 Å². The Bertz CT molecular complexity index is 554. The molecule has 1 aromatic rings. The van der Waals surface area contributed by atoms with Crippen LogP contribution in [0.5, 0.6) is 0 Å². The molecule has 6 heteroatoms. The lowest BCUT2D eigenvalue weighted by Crippen LogP contribution is -2.26. The Morgan fingerprint density at radius 2 is 2.00 bits per heavy atom. The number of nitrogens with one attached hydrogen (secondary N) is 1. The smallest absolute Gasteiger partial charge is 0.242 e. The number of anilines is 1. The van der Waals surface area contributed by atoms with Crippen LogP contribution in [0.25, 0.3) is 0 Å². The van der Waals surface area contributed by atoms with E-state index in [-0.39, 0.29) is 10.6 Å². The van der Waals surface area contributed by atoms with E-state index in [0.717, 1.165) is 18.8 Å². The van der Waals surface area contributed by atoms with Gasteiger partial charge in [-0.1, -0.05) is 41.6 Å². The van der Waals surface area contributed by atoms with Crippen molar-refractivity contribution < 1.29 is 8.42 Å². The van der Waals surface area contributed by atoms with Crippen LogP contribution in [0.3, 0.4) is 0 Å². The molecule has 0 radical (unpaired) electrons. The van der Waals surface area contributed by atoms with Crippen molar-refractivity contribution in [3.63, 3.8) is 0 Å². The lowest BCUT2D eigenvalue weighted by Gasteiger charge is -2.11. The Balaban J connectivity index is 1.88. The molecular formula is C14H21BrN2O2S. The van der Waals surface area contributed by atoms with Crippen LogP contribution < -0.4 is 10.5 Å². The Morgan fingerprint density at radius 3 is 2.70 bits per heavy atom. The number of hydrogen-bond donors (Lipinski definition) is 2. The van der Waals surface area contributed by atoms with Crippen molar-refractivity contribution in [1.29, 1.82) is 0 Å². The maximum Gasteiger partial charge on any atom is 0.242 e. The summed E-state index contributed by atoms with van der Waals surface area (Å²) < 4.78 is 27.7. The molecule has 4 nitrogen and oxygen atoms in total. The van der Waals surface area contributed by atoms with Crippen molar-refractivity contribution in [2.75, 3.05) is 12.3 Å². The molecular weight excluding hydrogens is 340 g/mol. The fourth-order valence-electron chi connectivity index (χ4n) is 2.71. The lowest BCUT2D eigenvalue weighted by atomic mass is 10.0. The zero-order chi connectivity index (χ0) is 14.6. The molecule has 1 saturated carbocycles. The maximum absolute atomic E-state index is 12.2. The standard InChI is InChI=1S/C14H21BrN2O2S/c15-12-7-8-13(16)14(10-12)20(18,19)17-9-3-6-11-4-1-2-5-11/h7-8,10-11,17H,1-6,9,16H2. The van der Waals surface area contributed by atoms with Crippen LogP contribution in [0.1, 0.15) is 38.5 Å². The van der Waals surface area contributed by atoms with Crippen LogP contribution in [0.2, 0.25) is 0 Å². The number of benzene rings is 1. The summed E-state index contributed by atoms with van der Waals surface area (Å²) in [5, 5.41) is 0. The summed E-state index contributed by atoms with van der Waals surface area (Å²) in [7, 11) is -3.51. The summed E-state index contributed by atoms with van der Waals surface area (Å²) in [6.07, 6.45) is 7.24. The number of hydrogen-bond acceptors (Lipinski definition) is 3. The average molecular weight is 361 g/mol. The van der Waals surface area contributed by atoms with Gasteiger partial charge in [-0.25, -0.2) is 13.1 Å². The third-order valence-electron chi connectivity index (χ3n) is 3.82. The monoisotopic (exact) mass is 360 g/mol. The second-order valence-corrected chi connectivity index (χ2v) is 8.02. The highest BCUT2D eigenvalue weighted by Gasteiger charge is 2.18. The van der Waals surface area contributed by atoms with Gasteiger partial charge in [-0.15, -0.1) is 0 Å². The van der Waals surface area contributed by atoms with E-state index < -0.39 is 10.0 Å². The highest BCUT2D eigenvalue weighted by atomic mass is 79.9. The molecule has 0 heterocycles. The summed E-state index contributed by atoms with van der Waals surface area (Å²) in [5.74, 6) is 0.787. The second kappa shape index (κ2) is 6.91. The molecule has 0 unspecified atom stereocenters. The molecule has 112 valence electrons. The van der Waals surface area contributed by atoms with Crippen LogP contribution >= 0.6 is 15.9 Å². The van der Waals surface area contributed by atoms with Gasteiger partial charge >= 0.3 is 0 Å². The molecule has 1 fully saturated rings. The molecule has 2 rings (SSSR count). The van der Waals surface area contributed by atoms with E-state index in [9.17, 15) is 8.42 Å². The Hall–Kier alpha value is -0.590. The minimum absolute atomic E-state index is 0.146. The Morgan fingerprint density at radius 1 is 1.30 bits per heavy atom. The molecule has 0 bridgehead atoms. The minimum Gasteiger partial charge on any atom is -0.398 e. The fraction of sp³-hybridized carbons (Fsp3) is 0.571. The third-order valence-corrected chi connectivity index (χ3v) is 5.83. The fourth-order valence-corrected chi connectivity index (χ4v) is 4.46. The molecule has 1 aliphatic carbocycles. The first-order valence-electron chi connectivity index (χ1n) is 7.04. The van der Waals surface area contributed by atoms with Crippen molar-refractivity contribution in [2.45, 2.75) is 43.4 Å². The molecule has 0 aliphatic heterocycles. The summed E-state index contributed by atoms with van der Waals surface area (Å²) in [6, 6.07) is 4.86. The van der Waals surface area contributed by atoms with E-state index in [1.807, 2.05) is 0 Å². The van der Waals surface area contributed by atoms with Crippen LogP contribution in [-0.2, 0) is 10.0 Å². The predicted octanol–water partition coefficient (Wildman–Crippen LogP) is 3.28. The van der Waals surface area contributed by atoms with Crippen molar-refractivity contribution in [1.82, 2.24) is 4.72 Å². The number of nitrogens with two attached hydrogens (primary N) is 1. The normalized spacial score (nSPS) is 16.6. The molecule has 0 saturated heterocycles. The maximum atomic E-state index is 12.2. The Labute approximate surface area is 129 Å². The SMILES string of the molecule is Nc1ccc(Br)cc1S(=O)(=O)NCCCC1CCCC1. The number of rotatable bonds is 6. The minimum atomic E-state index is -3.51. The van der Waals surface area contributed by atoms with Gasteiger partial charge in [0.05, 0.1) is 5.69 Å². The first-order valence-corrected chi connectivity index (χ1v) is 9.31. The lowest BCUT2D eigenvalue weighted by molar-refractivity contribution is 0.480. The van der Waals surface area contributed by atoms with Gasteiger partial charge in [0.15, 0.2) is 0 Å². The number of sulfonamides is 1. The zero-order valence-corrected chi connectivity index (χ0v) is 13.8. The zero-order valence-electron chi connectivity index (χ0n) is 11.4. The van der Waals surface area contributed by atoms with E-state index in [4.69, 9.17) is 5.73 Å². The molecule has 0 amide bonds. The van der Waals surface area contributed by atoms with E-state index >= 15 is 0 Å². The summed E-state index contributed by atoms with van der Waals surface area (Å²) in [4.78, 5) is 0.146. The molecule has 0 atom stereocenters. The summed E-state index contributed by atoms with van der Waals surface area (Å²) >= 11 is 3.27. The van der Waals surface area contributed by atoms with E-state index in [1.165, 1.54) is 31.7 Å². The van der Waals surface area contributed by atoms with E-state index in [1.54, 1.807) is 12.1 Å².